The molecule has 6 nitrogen and oxygen atoms in total. The number of nitrogen functional groups attached to an aromatic ring is 1. The van der Waals surface area contributed by atoms with E-state index in [1.54, 1.807) is 4.90 Å². The van der Waals surface area contributed by atoms with Gasteiger partial charge in [0.15, 0.2) is 11.7 Å². The van der Waals surface area contributed by atoms with E-state index in [0.717, 1.165) is 16.1 Å². The van der Waals surface area contributed by atoms with Crippen LogP contribution in [0.15, 0.2) is 24.3 Å². The van der Waals surface area contributed by atoms with Crippen LogP contribution in [-0.4, -0.2) is 48.7 Å². The van der Waals surface area contributed by atoms with Crippen LogP contribution in [0.4, 0.5) is 5.13 Å². The molecule has 3 rings (SSSR count). The lowest BCUT2D eigenvalue weighted by Gasteiger charge is -2.26. The number of amides is 1. The van der Waals surface area contributed by atoms with Crippen LogP contribution < -0.4 is 10.5 Å². The van der Waals surface area contributed by atoms with Crippen LogP contribution in [0.25, 0.3) is 11.3 Å². The van der Waals surface area contributed by atoms with Gasteiger partial charge in [0.25, 0.3) is 5.91 Å². The molecular formula is C16H19N3O3S. The highest BCUT2D eigenvalue weighted by atomic mass is 32.1. The van der Waals surface area contributed by atoms with Gasteiger partial charge in [0.2, 0.25) is 0 Å². The van der Waals surface area contributed by atoms with Crippen LogP contribution in [0, 0.1) is 6.92 Å². The normalized spacial score (nSPS) is 14.7. The molecule has 1 aliphatic rings. The van der Waals surface area contributed by atoms with Gasteiger partial charge in [-0.3, -0.25) is 4.79 Å². The van der Waals surface area contributed by atoms with E-state index in [1.807, 2.05) is 31.2 Å². The molecule has 0 unspecified atom stereocenters. The smallest absolute Gasteiger partial charge is 0.260 e. The van der Waals surface area contributed by atoms with Gasteiger partial charge in [0.05, 0.1) is 18.9 Å². The van der Waals surface area contributed by atoms with Crippen molar-refractivity contribution in [1.29, 1.82) is 0 Å². The number of ether oxygens (including phenoxy) is 2. The van der Waals surface area contributed by atoms with Crippen molar-refractivity contribution >= 4 is 22.4 Å². The predicted octanol–water partition coefficient (Wildman–Crippen LogP) is 1.94. The third kappa shape index (κ3) is 3.80. The number of aryl methyl sites for hydroxylation is 1. The Morgan fingerprint density at radius 2 is 2.04 bits per heavy atom. The number of anilines is 1. The van der Waals surface area contributed by atoms with Crippen molar-refractivity contribution in [3.05, 3.63) is 29.1 Å². The zero-order valence-electron chi connectivity index (χ0n) is 12.9. The summed E-state index contributed by atoms with van der Waals surface area (Å²) in [6.45, 7) is 4.49. The lowest BCUT2D eigenvalue weighted by Crippen LogP contribution is -2.42. The maximum atomic E-state index is 12.0. The second-order valence-corrected chi connectivity index (χ2v) is 6.50. The summed E-state index contributed by atoms with van der Waals surface area (Å²) in [5.41, 5.74) is 7.61. The van der Waals surface area contributed by atoms with Crippen molar-refractivity contribution in [2.75, 3.05) is 38.6 Å². The Kier molecular flexibility index (Phi) is 4.78. The van der Waals surface area contributed by atoms with Crippen LogP contribution in [-0.2, 0) is 9.53 Å². The zero-order valence-corrected chi connectivity index (χ0v) is 13.8. The number of aromatic nitrogens is 1. The molecule has 122 valence electrons. The van der Waals surface area contributed by atoms with Gasteiger partial charge in [-0.25, -0.2) is 4.98 Å². The Morgan fingerprint density at radius 3 is 2.65 bits per heavy atom. The van der Waals surface area contributed by atoms with Crippen molar-refractivity contribution in [3.8, 4) is 17.0 Å². The van der Waals surface area contributed by atoms with E-state index in [-0.39, 0.29) is 12.5 Å². The summed E-state index contributed by atoms with van der Waals surface area (Å²) in [6.07, 6.45) is 0. The largest absolute Gasteiger partial charge is 0.484 e. The number of thiazole rings is 1. The number of carbonyl (C=O) groups is 1. The molecule has 0 aliphatic carbocycles. The van der Waals surface area contributed by atoms with Gasteiger partial charge in [-0.15, -0.1) is 11.3 Å². The number of benzene rings is 1. The molecule has 0 radical (unpaired) electrons. The van der Waals surface area contributed by atoms with Gasteiger partial charge in [-0.05, 0) is 31.2 Å². The van der Waals surface area contributed by atoms with E-state index in [2.05, 4.69) is 4.98 Å². The molecule has 1 saturated heterocycles. The number of hydrogen-bond donors (Lipinski definition) is 1. The first kappa shape index (κ1) is 15.8. The summed E-state index contributed by atoms with van der Waals surface area (Å²) in [5.74, 6) is 0.650. The van der Waals surface area contributed by atoms with Crippen molar-refractivity contribution in [2.45, 2.75) is 6.92 Å². The Morgan fingerprint density at radius 1 is 1.35 bits per heavy atom. The number of nitrogens with zero attached hydrogens (tertiary/aromatic N) is 2. The first-order chi connectivity index (χ1) is 11.1. The number of hydrogen-bond acceptors (Lipinski definition) is 6. The van der Waals surface area contributed by atoms with Gasteiger partial charge < -0.3 is 20.1 Å². The fourth-order valence-corrected chi connectivity index (χ4v) is 3.15. The average Bonchev–Trinajstić information content (AvgIpc) is 2.92. The fraction of sp³-hybridized carbons (Fsp3) is 0.375. The molecule has 2 aromatic rings. The van der Waals surface area contributed by atoms with Crippen molar-refractivity contribution in [1.82, 2.24) is 9.88 Å². The molecule has 1 fully saturated rings. The van der Waals surface area contributed by atoms with Crippen LogP contribution in [0.1, 0.15) is 4.88 Å². The molecule has 1 aliphatic heterocycles. The third-order valence-electron chi connectivity index (χ3n) is 3.67. The molecule has 1 aromatic heterocycles. The molecule has 1 amide bonds. The molecule has 2 heterocycles. The first-order valence-electron chi connectivity index (χ1n) is 7.45. The minimum Gasteiger partial charge on any atom is -0.484 e. The highest BCUT2D eigenvalue weighted by molar-refractivity contribution is 7.15. The quantitative estimate of drug-likeness (QED) is 0.925. The lowest BCUT2D eigenvalue weighted by molar-refractivity contribution is -0.137. The molecule has 23 heavy (non-hydrogen) atoms. The molecule has 7 heteroatoms. The maximum absolute atomic E-state index is 12.0. The van der Waals surface area contributed by atoms with Crippen LogP contribution in [0.2, 0.25) is 0 Å². The van der Waals surface area contributed by atoms with Gasteiger partial charge >= 0.3 is 0 Å². The summed E-state index contributed by atoms with van der Waals surface area (Å²) in [7, 11) is 0. The molecule has 0 spiro atoms. The molecule has 0 atom stereocenters. The predicted molar refractivity (Wildman–Crippen MR) is 89.6 cm³/mol. The summed E-state index contributed by atoms with van der Waals surface area (Å²) < 4.78 is 10.8. The maximum Gasteiger partial charge on any atom is 0.260 e. The van der Waals surface area contributed by atoms with Crippen molar-refractivity contribution in [3.63, 3.8) is 0 Å². The number of carbonyl (C=O) groups excluding carboxylic acids is 1. The second-order valence-electron chi connectivity index (χ2n) is 5.26. The fourth-order valence-electron chi connectivity index (χ4n) is 2.44. The zero-order chi connectivity index (χ0) is 16.2. The average molecular weight is 333 g/mol. The van der Waals surface area contributed by atoms with E-state index >= 15 is 0 Å². The monoisotopic (exact) mass is 333 g/mol. The second kappa shape index (κ2) is 6.97. The Bertz CT molecular complexity index is 678. The van der Waals surface area contributed by atoms with Crippen molar-refractivity contribution in [2.24, 2.45) is 0 Å². The minimum atomic E-state index is -0.0134. The van der Waals surface area contributed by atoms with E-state index in [9.17, 15) is 4.79 Å². The molecule has 1 aromatic carbocycles. The van der Waals surface area contributed by atoms with E-state index < -0.39 is 0 Å². The first-order valence-corrected chi connectivity index (χ1v) is 8.27. The molecule has 0 saturated carbocycles. The summed E-state index contributed by atoms with van der Waals surface area (Å²) in [6, 6.07) is 7.54. The van der Waals surface area contributed by atoms with Gasteiger partial charge in [-0.1, -0.05) is 0 Å². The highest BCUT2D eigenvalue weighted by Crippen LogP contribution is 2.29. The Balaban J connectivity index is 1.59. The highest BCUT2D eigenvalue weighted by Gasteiger charge is 2.17. The summed E-state index contributed by atoms with van der Waals surface area (Å²) in [4.78, 5) is 19.2. The van der Waals surface area contributed by atoms with Crippen molar-refractivity contribution < 1.29 is 14.3 Å². The van der Waals surface area contributed by atoms with Gasteiger partial charge in [0, 0.05) is 23.5 Å². The van der Waals surface area contributed by atoms with Gasteiger partial charge in [0.1, 0.15) is 5.75 Å². The van der Waals surface area contributed by atoms with E-state index in [4.69, 9.17) is 15.2 Å². The topological polar surface area (TPSA) is 77.7 Å². The van der Waals surface area contributed by atoms with Gasteiger partial charge in [-0.2, -0.15) is 0 Å². The molecule has 2 N–H and O–H groups in total. The lowest BCUT2D eigenvalue weighted by atomic mass is 10.1. The number of morpholine rings is 1. The molecular weight excluding hydrogens is 314 g/mol. The third-order valence-corrected chi connectivity index (χ3v) is 4.47. The SMILES string of the molecule is Cc1sc(N)nc1-c1ccc(OCC(=O)N2CCOCC2)cc1. The Hall–Kier alpha value is -2.12. The van der Waals surface area contributed by atoms with Crippen LogP contribution in [0.3, 0.4) is 0 Å². The minimum absolute atomic E-state index is 0.0134. The summed E-state index contributed by atoms with van der Waals surface area (Å²) in [5, 5.41) is 0.564. The number of rotatable bonds is 4. The Labute approximate surface area is 138 Å². The standard InChI is InChI=1S/C16H19N3O3S/c1-11-15(18-16(17)23-11)12-2-4-13(5-3-12)22-10-14(20)19-6-8-21-9-7-19/h2-5H,6-10H2,1H3,(H2,17,18). The number of nitrogens with two attached hydrogens (primary N) is 1. The van der Waals surface area contributed by atoms with Crippen LogP contribution >= 0.6 is 11.3 Å². The van der Waals surface area contributed by atoms with Crippen LogP contribution in [0.5, 0.6) is 5.75 Å². The van der Waals surface area contributed by atoms with E-state index in [0.29, 0.717) is 37.2 Å². The van der Waals surface area contributed by atoms with E-state index in [1.165, 1.54) is 11.3 Å². The summed E-state index contributed by atoms with van der Waals surface area (Å²) >= 11 is 1.47. The molecule has 0 bridgehead atoms.